The third-order valence-corrected chi connectivity index (χ3v) is 7.57. The molecule has 0 bridgehead atoms. The number of hydrogen-bond donors (Lipinski definition) is 1. The highest BCUT2D eigenvalue weighted by Crippen LogP contribution is 2.38. The highest BCUT2D eigenvalue weighted by Gasteiger charge is 2.18. The average molecular weight is 444 g/mol. The number of hydrogen-bond acceptors (Lipinski definition) is 5. The largest absolute Gasteiger partial charge is 0.368 e. The van der Waals surface area contributed by atoms with E-state index in [2.05, 4.69) is 85.4 Å². The zero-order valence-corrected chi connectivity index (χ0v) is 19.6. The molecule has 0 atom stereocenters. The fourth-order valence-corrected chi connectivity index (χ4v) is 5.89. The third-order valence-electron chi connectivity index (χ3n) is 5.61. The Hall–Kier alpha value is -2.76. The van der Waals surface area contributed by atoms with E-state index in [0.717, 1.165) is 40.4 Å². The van der Waals surface area contributed by atoms with Gasteiger partial charge in [0.2, 0.25) is 0 Å². The molecule has 2 aromatic carbocycles. The summed E-state index contributed by atoms with van der Waals surface area (Å²) in [4.78, 5) is 10.1. The van der Waals surface area contributed by atoms with Gasteiger partial charge in [0.1, 0.15) is 5.82 Å². The Labute approximate surface area is 190 Å². The van der Waals surface area contributed by atoms with Crippen molar-refractivity contribution in [3.05, 3.63) is 76.0 Å². The van der Waals surface area contributed by atoms with E-state index < -0.39 is 0 Å². The fraction of sp³-hybridized carbons (Fsp3) is 0.231. The molecule has 5 rings (SSSR count). The summed E-state index contributed by atoms with van der Waals surface area (Å²) in [5.74, 6) is 2.18. The molecule has 156 valence electrons. The normalized spacial score (nSPS) is 11.6. The second-order valence-electron chi connectivity index (χ2n) is 8.23. The maximum Gasteiger partial charge on any atom is 0.163 e. The summed E-state index contributed by atoms with van der Waals surface area (Å²) in [6.45, 7) is 7.42. The first-order valence-corrected chi connectivity index (χ1v) is 12.4. The predicted octanol–water partition coefficient (Wildman–Crippen LogP) is 7.66. The molecule has 0 aliphatic heterocycles. The van der Waals surface area contributed by atoms with E-state index in [4.69, 9.17) is 9.97 Å². The van der Waals surface area contributed by atoms with Crippen LogP contribution in [0.4, 0.5) is 5.82 Å². The Morgan fingerprint density at radius 2 is 1.74 bits per heavy atom. The van der Waals surface area contributed by atoms with Crippen LogP contribution < -0.4 is 5.32 Å². The van der Waals surface area contributed by atoms with Gasteiger partial charge in [-0.3, -0.25) is 0 Å². The van der Waals surface area contributed by atoms with Crippen molar-refractivity contribution in [3.8, 4) is 11.4 Å². The lowest BCUT2D eigenvalue weighted by Crippen LogP contribution is -2.07. The molecule has 0 aliphatic carbocycles. The van der Waals surface area contributed by atoms with E-state index in [1.54, 1.807) is 22.7 Å². The number of aryl methyl sites for hydroxylation is 1. The fourth-order valence-electron chi connectivity index (χ4n) is 3.82. The molecule has 3 aromatic heterocycles. The Kier molecular flexibility index (Phi) is 5.47. The lowest BCUT2D eigenvalue weighted by Gasteiger charge is -2.10. The highest BCUT2D eigenvalue weighted by atomic mass is 32.1. The Balaban J connectivity index is 1.54. The first-order valence-electron chi connectivity index (χ1n) is 10.7. The minimum absolute atomic E-state index is 0.427. The van der Waals surface area contributed by atoms with Gasteiger partial charge in [-0.25, -0.2) is 9.97 Å². The van der Waals surface area contributed by atoms with Crippen LogP contribution in [0.1, 0.15) is 36.5 Å². The minimum atomic E-state index is 0.427. The molecule has 3 nitrogen and oxygen atoms in total. The first-order chi connectivity index (χ1) is 15.1. The van der Waals surface area contributed by atoms with Crippen LogP contribution >= 0.6 is 22.7 Å². The zero-order valence-electron chi connectivity index (χ0n) is 18.0. The number of anilines is 1. The number of nitrogens with one attached hydrogen (secondary N) is 1. The molecule has 0 saturated carbocycles. The van der Waals surface area contributed by atoms with E-state index in [0.29, 0.717) is 5.92 Å². The standard InChI is InChI=1S/C26H25N3S2/c1-16(2)20-14-31-24-23(20)28-25(21-15-30-22-7-5-4-6-19(21)22)29-26(24)27-13-12-18-10-8-17(3)9-11-18/h4-11,14-16H,12-13H2,1-3H3,(H,27,28,29). The second-order valence-corrected chi connectivity index (χ2v) is 10.0. The topological polar surface area (TPSA) is 37.8 Å². The van der Waals surface area contributed by atoms with E-state index in [1.807, 2.05) is 0 Å². The summed E-state index contributed by atoms with van der Waals surface area (Å²) in [5, 5.41) is 9.26. The van der Waals surface area contributed by atoms with Gasteiger partial charge in [0.25, 0.3) is 0 Å². The number of aromatic nitrogens is 2. The number of nitrogens with zero attached hydrogens (tertiary/aromatic N) is 2. The third kappa shape index (κ3) is 3.95. The number of thiophene rings is 2. The van der Waals surface area contributed by atoms with Crippen molar-refractivity contribution < 1.29 is 0 Å². The van der Waals surface area contributed by atoms with E-state index in [1.165, 1.54) is 26.8 Å². The maximum absolute atomic E-state index is 5.05. The van der Waals surface area contributed by atoms with E-state index in [-0.39, 0.29) is 0 Å². The van der Waals surface area contributed by atoms with Crippen molar-refractivity contribution >= 4 is 48.8 Å². The number of fused-ring (bicyclic) bond motifs is 2. The molecule has 0 fully saturated rings. The predicted molar refractivity (Wildman–Crippen MR) is 136 cm³/mol. The minimum Gasteiger partial charge on any atom is -0.368 e. The second kappa shape index (κ2) is 8.40. The quantitative estimate of drug-likeness (QED) is 0.293. The molecule has 0 saturated heterocycles. The van der Waals surface area contributed by atoms with Crippen molar-refractivity contribution in [1.29, 1.82) is 0 Å². The van der Waals surface area contributed by atoms with Crippen molar-refractivity contribution in [2.75, 3.05) is 11.9 Å². The van der Waals surface area contributed by atoms with Crippen LogP contribution in [0.5, 0.6) is 0 Å². The SMILES string of the molecule is Cc1ccc(CCNc2nc(-c3csc4ccccc34)nc3c(C(C)C)csc23)cc1. The molecule has 0 aliphatic rings. The van der Waals surface area contributed by atoms with Gasteiger partial charge in [-0.1, -0.05) is 61.9 Å². The Bertz CT molecular complexity index is 1350. The summed E-state index contributed by atoms with van der Waals surface area (Å²) < 4.78 is 2.42. The maximum atomic E-state index is 5.05. The van der Waals surface area contributed by atoms with Crippen LogP contribution in [-0.2, 0) is 6.42 Å². The first kappa shape index (κ1) is 20.2. The Morgan fingerprint density at radius 1 is 0.935 bits per heavy atom. The van der Waals surface area contributed by atoms with Gasteiger partial charge in [-0.2, -0.15) is 0 Å². The van der Waals surface area contributed by atoms with Crippen molar-refractivity contribution in [2.45, 2.75) is 33.1 Å². The van der Waals surface area contributed by atoms with E-state index >= 15 is 0 Å². The van der Waals surface area contributed by atoms with E-state index in [9.17, 15) is 0 Å². The molecule has 0 radical (unpaired) electrons. The lowest BCUT2D eigenvalue weighted by molar-refractivity contribution is 0.877. The van der Waals surface area contributed by atoms with Crippen LogP contribution in [0.25, 0.3) is 31.7 Å². The molecule has 5 heteroatoms. The summed E-state index contributed by atoms with van der Waals surface area (Å²) >= 11 is 3.49. The van der Waals surface area contributed by atoms with Crippen molar-refractivity contribution in [2.24, 2.45) is 0 Å². The molecule has 0 unspecified atom stereocenters. The summed E-state index contributed by atoms with van der Waals surface area (Å²) in [5.41, 5.74) is 6.12. The number of rotatable bonds is 6. The molecule has 3 heterocycles. The smallest absolute Gasteiger partial charge is 0.163 e. The summed E-state index contributed by atoms with van der Waals surface area (Å²) in [7, 11) is 0. The molecule has 0 amide bonds. The Morgan fingerprint density at radius 3 is 2.55 bits per heavy atom. The highest BCUT2D eigenvalue weighted by molar-refractivity contribution is 7.18. The van der Waals surface area contributed by atoms with Crippen LogP contribution in [0.15, 0.2) is 59.3 Å². The molecule has 0 spiro atoms. The van der Waals surface area contributed by atoms with Gasteiger partial charge in [0.15, 0.2) is 5.82 Å². The monoisotopic (exact) mass is 443 g/mol. The lowest BCUT2D eigenvalue weighted by atomic mass is 10.1. The van der Waals surface area contributed by atoms with Crippen LogP contribution in [-0.4, -0.2) is 16.5 Å². The van der Waals surface area contributed by atoms with Gasteiger partial charge in [0, 0.05) is 27.6 Å². The molecular formula is C26H25N3S2. The molecular weight excluding hydrogens is 418 g/mol. The summed E-state index contributed by atoms with van der Waals surface area (Å²) in [6.07, 6.45) is 0.963. The van der Waals surface area contributed by atoms with Crippen molar-refractivity contribution in [1.82, 2.24) is 9.97 Å². The van der Waals surface area contributed by atoms with Crippen LogP contribution in [0, 0.1) is 6.92 Å². The van der Waals surface area contributed by atoms with Gasteiger partial charge >= 0.3 is 0 Å². The van der Waals surface area contributed by atoms with Crippen LogP contribution in [0.2, 0.25) is 0 Å². The molecule has 5 aromatic rings. The average Bonchev–Trinajstić information content (AvgIpc) is 3.39. The van der Waals surface area contributed by atoms with Gasteiger partial charge in [-0.15, -0.1) is 22.7 Å². The van der Waals surface area contributed by atoms with Gasteiger partial charge in [-0.05, 0) is 41.8 Å². The van der Waals surface area contributed by atoms with Gasteiger partial charge in [0.05, 0.1) is 10.2 Å². The zero-order chi connectivity index (χ0) is 21.4. The van der Waals surface area contributed by atoms with Gasteiger partial charge < -0.3 is 5.32 Å². The summed E-state index contributed by atoms with van der Waals surface area (Å²) in [6, 6.07) is 17.2. The van der Waals surface area contributed by atoms with Crippen molar-refractivity contribution in [3.63, 3.8) is 0 Å². The van der Waals surface area contributed by atoms with Crippen LogP contribution in [0.3, 0.4) is 0 Å². The number of benzene rings is 2. The molecule has 31 heavy (non-hydrogen) atoms. The molecule has 1 N–H and O–H groups in total.